The van der Waals surface area contributed by atoms with E-state index in [1.54, 1.807) is 0 Å². The molecule has 0 aromatic heterocycles. The highest BCUT2D eigenvalue weighted by atomic mass is 14.7. The average Bonchev–Trinajstić information content (AvgIpc) is 1.61. The van der Waals surface area contributed by atoms with Crippen molar-refractivity contribution >= 4 is 7.41 Å². The van der Waals surface area contributed by atoms with Crippen molar-refractivity contribution in [3.8, 4) is 0 Å². The molecule has 0 unspecified atom stereocenters. The van der Waals surface area contributed by atoms with Gasteiger partial charge in [-0.3, -0.25) is 0 Å². The molecule has 36 valence electrons. The van der Waals surface area contributed by atoms with Gasteiger partial charge in [-0.25, -0.2) is 0 Å². The van der Waals surface area contributed by atoms with Crippen LogP contribution in [0.25, 0.3) is 0 Å². The number of nitrogens with one attached hydrogen (secondary N) is 1. The molecule has 0 rings (SSSR count). The Hall–Kier alpha value is 0.0249. The van der Waals surface area contributed by atoms with Gasteiger partial charge in [-0.1, -0.05) is 20.2 Å². The minimum Gasteiger partial charge on any atom is -0.359 e. The lowest BCUT2D eigenvalue weighted by molar-refractivity contribution is 0.996. The SMILES string of the molecule is CCBNCC. The Labute approximate surface area is 40.4 Å². The molecule has 0 aromatic rings. The molecule has 0 aliphatic carbocycles. The first-order valence-corrected chi connectivity index (χ1v) is 2.62. The van der Waals surface area contributed by atoms with Crippen LogP contribution in [-0.4, -0.2) is 14.0 Å². The molecular formula is C4H12BN. The van der Waals surface area contributed by atoms with Crippen molar-refractivity contribution < 1.29 is 0 Å². The molecule has 1 N–H and O–H groups in total. The maximum Gasteiger partial charge on any atom is 0.200 e. The fraction of sp³-hybridized carbons (Fsp3) is 1.00. The average molecular weight is 85.0 g/mol. The molecule has 0 radical (unpaired) electrons. The first-order chi connectivity index (χ1) is 2.91. The van der Waals surface area contributed by atoms with E-state index in [9.17, 15) is 0 Å². The van der Waals surface area contributed by atoms with Crippen molar-refractivity contribution in [1.82, 2.24) is 5.23 Å². The minimum atomic E-state index is 1.10. The van der Waals surface area contributed by atoms with E-state index < -0.39 is 0 Å². The van der Waals surface area contributed by atoms with Crippen LogP contribution in [0.2, 0.25) is 6.32 Å². The van der Waals surface area contributed by atoms with Gasteiger partial charge in [0.15, 0.2) is 0 Å². The fourth-order valence-electron chi connectivity index (χ4n) is 0.354. The molecule has 0 bridgehead atoms. The third-order valence-corrected chi connectivity index (χ3v) is 0.677. The Morgan fingerprint density at radius 1 is 1.50 bits per heavy atom. The molecule has 2 heteroatoms. The summed E-state index contributed by atoms with van der Waals surface area (Å²) < 4.78 is 0. The van der Waals surface area contributed by atoms with Gasteiger partial charge in [0.25, 0.3) is 0 Å². The second-order valence-electron chi connectivity index (χ2n) is 1.35. The smallest absolute Gasteiger partial charge is 0.200 e. The fourth-order valence-corrected chi connectivity index (χ4v) is 0.354. The van der Waals surface area contributed by atoms with Crippen LogP contribution in [0.15, 0.2) is 0 Å². The zero-order valence-electron chi connectivity index (χ0n) is 4.62. The van der Waals surface area contributed by atoms with Gasteiger partial charge in [-0.05, 0) is 6.54 Å². The zero-order chi connectivity index (χ0) is 4.83. The van der Waals surface area contributed by atoms with E-state index in [4.69, 9.17) is 0 Å². The summed E-state index contributed by atoms with van der Waals surface area (Å²) in [6.45, 7) is 5.40. The van der Waals surface area contributed by atoms with Crippen LogP contribution in [0.1, 0.15) is 13.8 Å². The monoisotopic (exact) mass is 85.1 g/mol. The molecule has 0 aromatic carbocycles. The van der Waals surface area contributed by atoms with Gasteiger partial charge in [0.05, 0.1) is 0 Å². The second-order valence-corrected chi connectivity index (χ2v) is 1.35. The van der Waals surface area contributed by atoms with Crippen LogP contribution in [0.5, 0.6) is 0 Å². The Morgan fingerprint density at radius 3 is 2.33 bits per heavy atom. The van der Waals surface area contributed by atoms with E-state index in [1.807, 2.05) is 0 Å². The predicted molar refractivity (Wildman–Crippen MR) is 31.3 cm³/mol. The summed E-state index contributed by atoms with van der Waals surface area (Å²) >= 11 is 0. The number of hydrogen-bond acceptors (Lipinski definition) is 1. The summed E-state index contributed by atoms with van der Waals surface area (Å²) in [5.74, 6) is 0. The Morgan fingerprint density at radius 2 is 2.17 bits per heavy atom. The summed E-state index contributed by atoms with van der Waals surface area (Å²) in [5.41, 5.74) is 0. The van der Waals surface area contributed by atoms with E-state index in [0.29, 0.717) is 0 Å². The van der Waals surface area contributed by atoms with Gasteiger partial charge in [0.2, 0.25) is 7.41 Å². The van der Waals surface area contributed by atoms with E-state index in [1.165, 1.54) is 6.32 Å². The van der Waals surface area contributed by atoms with Crippen LogP contribution in [-0.2, 0) is 0 Å². The molecule has 0 saturated heterocycles. The van der Waals surface area contributed by atoms with Crippen LogP contribution in [0, 0.1) is 0 Å². The molecule has 6 heavy (non-hydrogen) atoms. The van der Waals surface area contributed by atoms with Gasteiger partial charge in [-0.15, -0.1) is 0 Å². The molecule has 0 atom stereocenters. The van der Waals surface area contributed by atoms with Gasteiger partial charge in [-0.2, -0.15) is 0 Å². The summed E-state index contributed by atoms with van der Waals surface area (Å²) in [5, 5.41) is 3.20. The molecule has 1 nitrogen and oxygen atoms in total. The Bertz CT molecular complexity index is 19.5. The van der Waals surface area contributed by atoms with Gasteiger partial charge in [0, 0.05) is 0 Å². The highest BCUT2D eigenvalue weighted by Gasteiger charge is 1.76. The van der Waals surface area contributed by atoms with E-state index in [2.05, 4.69) is 19.1 Å². The van der Waals surface area contributed by atoms with Crippen molar-refractivity contribution in [3.63, 3.8) is 0 Å². The van der Waals surface area contributed by atoms with Crippen LogP contribution >= 0.6 is 0 Å². The molecule has 0 spiro atoms. The quantitative estimate of drug-likeness (QED) is 0.386. The molecule has 0 amide bonds. The number of rotatable bonds is 3. The van der Waals surface area contributed by atoms with E-state index >= 15 is 0 Å². The van der Waals surface area contributed by atoms with Crippen LogP contribution in [0.3, 0.4) is 0 Å². The summed E-state index contributed by atoms with van der Waals surface area (Å²) in [6, 6.07) is 0. The molecular weight excluding hydrogens is 72.9 g/mol. The molecule has 0 aliphatic rings. The van der Waals surface area contributed by atoms with Gasteiger partial charge < -0.3 is 5.23 Å². The van der Waals surface area contributed by atoms with Crippen molar-refractivity contribution in [3.05, 3.63) is 0 Å². The maximum absolute atomic E-state index is 3.20. The molecule has 0 fully saturated rings. The number of hydrogen-bond donors (Lipinski definition) is 1. The van der Waals surface area contributed by atoms with E-state index in [-0.39, 0.29) is 0 Å². The van der Waals surface area contributed by atoms with E-state index in [0.717, 1.165) is 14.0 Å². The lowest BCUT2D eigenvalue weighted by atomic mass is 9.91. The third kappa shape index (κ3) is 4.02. The highest BCUT2D eigenvalue weighted by Crippen LogP contribution is 1.64. The van der Waals surface area contributed by atoms with Crippen molar-refractivity contribution in [2.75, 3.05) is 6.54 Å². The standard InChI is InChI=1S/C4H12BN/c1-3-5-6-4-2/h5-6H,3-4H2,1-2H3. The first-order valence-electron chi connectivity index (χ1n) is 2.62. The summed E-state index contributed by atoms with van der Waals surface area (Å²) in [6.07, 6.45) is 1.24. The second kappa shape index (κ2) is 5.02. The van der Waals surface area contributed by atoms with Crippen LogP contribution < -0.4 is 5.23 Å². The predicted octanol–water partition coefficient (Wildman–Crippen LogP) is 0.386. The third-order valence-electron chi connectivity index (χ3n) is 0.677. The normalized spacial score (nSPS) is 8.33. The van der Waals surface area contributed by atoms with Gasteiger partial charge in [0.1, 0.15) is 0 Å². The Kier molecular flexibility index (Phi) is 5.05. The maximum atomic E-state index is 3.20. The molecule has 0 heterocycles. The van der Waals surface area contributed by atoms with Crippen molar-refractivity contribution in [1.29, 1.82) is 0 Å². The highest BCUT2D eigenvalue weighted by molar-refractivity contribution is 6.31. The lowest BCUT2D eigenvalue weighted by Gasteiger charge is -1.89. The summed E-state index contributed by atoms with van der Waals surface area (Å²) in [4.78, 5) is 0. The van der Waals surface area contributed by atoms with Gasteiger partial charge >= 0.3 is 0 Å². The molecule has 0 saturated carbocycles. The Balaban J connectivity index is 2.34. The largest absolute Gasteiger partial charge is 0.359 e. The zero-order valence-corrected chi connectivity index (χ0v) is 4.62. The van der Waals surface area contributed by atoms with Crippen LogP contribution in [0.4, 0.5) is 0 Å². The molecule has 0 aliphatic heterocycles. The van der Waals surface area contributed by atoms with Crippen molar-refractivity contribution in [2.24, 2.45) is 0 Å². The first kappa shape index (κ1) is 6.02. The topological polar surface area (TPSA) is 12.0 Å². The lowest BCUT2D eigenvalue weighted by Crippen LogP contribution is -2.16. The van der Waals surface area contributed by atoms with Crippen molar-refractivity contribution in [2.45, 2.75) is 20.2 Å². The minimum absolute atomic E-state index is 1.10. The summed E-state index contributed by atoms with van der Waals surface area (Å²) in [7, 11) is 1.16.